The second-order valence-electron chi connectivity index (χ2n) is 11.2. The molecule has 38 heavy (non-hydrogen) atoms. The highest BCUT2D eigenvalue weighted by Gasteiger charge is 2.44. The van der Waals surface area contributed by atoms with Gasteiger partial charge >= 0.3 is 0 Å². The fourth-order valence-electron chi connectivity index (χ4n) is 6.26. The van der Waals surface area contributed by atoms with Gasteiger partial charge in [-0.2, -0.15) is 0 Å². The van der Waals surface area contributed by atoms with Gasteiger partial charge in [0.15, 0.2) is 0 Å². The fourth-order valence-corrected chi connectivity index (χ4v) is 6.26. The molecule has 2 aromatic rings. The van der Waals surface area contributed by atoms with Crippen LogP contribution in [0, 0.1) is 25.7 Å². The minimum Gasteiger partial charge on any atom is -0.456 e. The summed E-state index contributed by atoms with van der Waals surface area (Å²) in [5.74, 6) is 1.09. The van der Waals surface area contributed by atoms with Gasteiger partial charge in [0, 0.05) is 50.2 Å². The number of methoxy groups -OCH3 is 1. The van der Waals surface area contributed by atoms with Crippen LogP contribution in [0.3, 0.4) is 0 Å². The number of amides is 1. The monoisotopic (exact) mass is 524 g/mol. The lowest BCUT2D eigenvalue weighted by Crippen LogP contribution is -2.49. The molecule has 0 bridgehead atoms. The standard InChI is InChI=1S/C31H44N2O5/c1-21-10-8-11-22(2)29(21)38-28-14-5-4-13-25(28)31(36,15-6-7-17-37-3)24-12-9-16-33(20-24)30(35)23-18-26(32)27(34)19-23/h4-5,8,10-11,13-14,23-24,26-27,34,36H,6-7,9,12,15-20,32H2,1-3H3/t23-,24+,26+,27-,31-/m0/s1. The Hall–Kier alpha value is -2.45. The molecular formula is C31H44N2O5. The number of unbranched alkanes of at least 4 members (excludes halogenated alkanes) is 1. The fraction of sp³-hybridized carbons (Fsp3) is 0.581. The number of ether oxygens (including phenoxy) is 2. The number of hydrogen-bond donors (Lipinski definition) is 3. The Bertz CT molecular complexity index is 1060. The van der Waals surface area contributed by atoms with Gasteiger partial charge in [-0.3, -0.25) is 4.79 Å². The van der Waals surface area contributed by atoms with E-state index in [0.717, 1.165) is 48.1 Å². The first-order valence-corrected chi connectivity index (χ1v) is 14.0. The van der Waals surface area contributed by atoms with Gasteiger partial charge in [0.05, 0.1) is 11.7 Å². The summed E-state index contributed by atoms with van der Waals surface area (Å²) in [7, 11) is 1.69. The van der Waals surface area contributed by atoms with Crippen molar-refractivity contribution in [3.8, 4) is 11.5 Å². The summed E-state index contributed by atoms with van der Waals surface area (Å²) in [5, 5.41) is 22.7. The Kier molecular flexibility index (Phi) is 9.47. The van der Waals surface area contributed by atoms with E-state index >= 15 is 0 Å². The number of carbonyl (C=O) groups excluding carboxylic acids is 1. The molecule has 5 atom stereocenters. The minimum absolute atomic E-state index is 0.0449. The van der Waals surface area contributed by atoms with Crippen LogP contribution in [0.4, 0.5) is 0 Å². The molecule has 1 aliphatic heterocycles. The molecule has 1 heterocycles. The number of aliphatic hydroxyl groups excluding tert-OH is 1. The van der Waals surface area contributed by atoms with Gasteiger partial charge < -0.3 is 30.3 Å². The molecule has 0 radical (unpaired) electrons. The normalized spacial score (nSPS) is 25.3. The van der Waals surface area contributed by atoms with Crippen LogP contribution in [-0.2, 0) is 15.1 Å². The number of nitrogens with two attached hydrogens (primary N) is 1. The second-order valence-corrected chi connectivity index (χ2v) is 11.2. The topological polar surface area (TPSA) is 105 Å². The zero-order chi connectivity index (χ0) is 27.3. The number of piperidine rings is 1. The summed E-state index contributed by atoms with van der Waals surface area (Å²) >= 11 is 0. The molecule has 1 amide bonds. The van der Waals surface area contributed by atoms with Crippen molar-refractivity contribution < 1.29 is 24.5 Å². The largest absolute Gasteiger partial charge is 0.456 e. The molecule has 1 aliphatic carbocycles. The van der Waals surface area contributed by atoms with Crippen LogP contribution in [-0.4, -0.2) is 60.0 Å². The number of aryl methyl sites for hydroxylation is 2. The van der Waals surface area contributed by atoms with Crippen LogP contribution in [0.25, 0.3) is 0 Å². The van der Waals surface area contributed by atoms with Crippen LogP contribution < -0.4 is 10.5 Å². The van der Waals surface area contributed by atoms with Crippen molar-refractivity contribution in [1.82, 2.24) is 4.90 Å². The van der Waals surface area contributed by atoms with Crippen molar-refractivity contribution in [2.45, 2.75) is 76.5 Å². The van der Waals surface area contributed by atoms with Gasteiger partial charge in [-0.15, -0.1) is 0 Å². The quantitative estimate of drug-likeness (QED) is 0.397. The molecule has 0 unspecified atom stereocenters. The Morgan fingerprint density at radius 2 is 1.84 bits per heavy atom. The summed E-state index contributed by atoms with van der Waals surface area (Å²) < 4.78 is 11.8. The van der Waals surface area contributed by atoms with Gasteiger partial charge in [0.25, 0.3) is 0 Å². The molecule has 0 aromatic heterocycles. The van der Waals surface area contributed by atoms with E-state index in [4.69, 9.17) is 15.2 Å². The van der Waals surface area contributed by atoms with Crippen LogP contribution in [0.2, 0.25) is 0 Å². The van der Waals surface area contributed by atoms with Gasteiger partial charge in [-0.1, -0.05) is 36.4 Å². The molecule has 1 saturated carbocycles. The molecule has 2 aromatic carbocycles. The van der Waals surface area contributed by atoms with E-state index < -0.39 is 11.7 Å². The predicted molar refractivity (Wildman–Crippen MR) is 148 cm³/mol. The number of likely N-dealkylation sites (tertiary alicyclic amines) is 1. The van der Waals surface area contributed by atoms with E-state index in [1.807, 2.05) is 61.2 Å². The van der Waals surface area contributed by atoms with Gasteiger partial charge in [0.1, 0.15) is 11.5 Å². The maximum Gasteiger partial charge on any atom is 0.225 e. The lowest BCUT2D eigenvalue weighted by Gasteiger charge is -2.44. The Labute approximate surface area is 226 Å². The molecule has 2 fully saturated rings. The SMILES string of the molecule is COCCCC[C@@](O)(c1ccccc1Oc1c(C)cccc1C)[C@@H]1CCCN(C(=O)[C@H]2C[C@@H](N)[C@@H](O)C2)C1. The van der Waals surface area contributed by atoms with Crippen molar-refractivity contribution in [2.75, 3.05) is 26.8 Å². The maximum absolute atomic E-state index is 13.4. The number of carbonyl (C=O) groups is 1. The molecule has 1 saturated heterocycles. The first-order chi connectivity index (χ1) is 18.2. The van der Waals surface area contributed by atoms with E-state index in [9.17, 15) is 15.0 Å². The summed E-state index contributed by atoms with van der Waals surface area (Å²) in [6.07, 6.45) is 4.10. The van der Waals surface area contributed by atoms with Gasteiger partial charge in [-0.05, 0) is 76.0 Å². The summed E-state index contributed by atoms with van der Waals surface area (Å²) in [4.78, 5) is 15.3. The van der Waals surface area contributed by atoms with Crippen LogP contribution in [0.1, 0.15) is 61.6 Å². The minimum atomic E-state index is -1.18. The lowest BCUT2D eigenvalue weighted by molar-refractivity contribution is -0.141. The zero-order valence-electron chi connectivity index (χ0n) is 23.1. The Balaban J connectivity index is 1.63. The molecule has 4 rings (SSSR count). The van der Waals surface area contributed by atoms with Gasteiger partial charge in [0.2, 0.25) is 5.91 Å². The third-order valence-corrected chi connectivity index (χ3v) is 8.47. The molecule has 4 N–H and O–H groups in total. The van der Waals surface area contributed by atoms with Gasteiger partial charge in [-0.25, -0.2) is 0 Å². The van der Waals surface area contributed by atoms with Crippen molar-refractivity contribution in [2.24, 2.45) is 17.6 Å². The van der Waals surface area contributed by atoms with Crippen LogP contribution in [0.15, 0.2) is 42.5 Å². The third-order valence-electron chi connectivity index (χ3n) is 8.47. The highest BCUT2D eigenvalue weighted by atomic mass is 16.5. The second kappa shape index (κ2) is 12.6. The van der Waals surface area contributed by atoms with Crippen molar-refractivity contribution >= 4 is 5.91 Å². The third kappa shape index (κ3) is 6.23. The number of hydrogen-bond acceptors (Lipinski definition) is 6. The lowest BCUT2D eigenvalue weighted by atomic mass is 9.73. The van der Waals surface area contributed by atoms with E-state index in [1.54, 1.807) is 7.11 Å². The molecule has 208 valence electrons. The van der Waals surface area contributed by atoms with E-state index in [1.165, 1.54) is 0 Å². The number of benzene rings is 2. The maximum atomic E-state index is 13.4. The average Bonchev–Trinajstić information content (AvgIpc) is 3.26. The number of nitrogens with zero attached hydrogens (tertiary/aromatic N) is 1. The molecule has 2 aliphatic rings. The Morgan fingerprint density at radius 3 is 2.53 bits per heavy atom. The molecule has 7 nitrogen and oxygen atoms in total. The number of para-hydroxylation sites is 2. The Morgan fingerprint density at radius 1 is 1.11 bits per heavy atom. The highest BCUT2D eigenvalue weighted by molar-refractivity contribution is 5.79. The summed E-state index contributed by atoms with van der Waals surface area (Å²) in [5.41, 5.74) is 7.66. The number of aliphatic hydroxyl groups is 2. The van der Waals surface area contributed by atoms with Crippen molar-refractivity contribution in [3.05, 3.63) is 59.2 Å². The van der Waals surface area contributed by atoms with Crippen LogP contribution in [0.5, 0.6) is 11.5 Å². The summed E-state index contributed by atoms with van der Waals surface area (Å²) in [6, 6.07) is 13.5. The summed E-state index contributed by atoms with van der Waals surface area (Å²) in [6.45, 7) is 5.82. The smallest absolute Gasteiger partial charge is 0.225 e. The average molecular weight is 525 g/mol. The van der Waals surface area contributed by atoms with E-state index in [-0.39, 0.29) is 23.8 Å². The first-order valence-electron chi connectivity index (χ1n) is 14.0. The van der Waals surface area contributed by atoms with Crippen molar-refractivity contribution in [3.63, 3.8) is 0 Å². The van der Waals surface area contributed by atoms with Crippen LogP contribution >= 0.6 is 0 Å². The molecular weight excluding hydrogens is 480 g/mol. The molecule has 0 spiro atoms. The van der Waals surface area contributed by atoms with E-state index in [0.29, 0.717) is 44.7 Å². The predicted octanol–water partition coefficient (Wildman–Crippen LogP) is 4.44. The highest BCUT2D eigenvalue weighted by Crippen LogP contribution is 2.45. The zero-order valence-corrected chi connectivity index (χ0v) is 23.1. The molecule has 7 heteroatoms. The van der Waals surface area contributed by atoms with E-state index in [2.05, 4.69) is 0 Å². The van der Waals surface area contributed by atoms with Crippen molar-refractivity contribution in [1.29, 1.82) is 0 Å². The number of rotatable bonds is 10. The first kappa shape index (κ1) is 28.6.